The van der Waals surface area contributed by atoms with Crippen molar-refractivity contribution < 1.29 is 14.3 Å². The molecule has 1 atom stereocenters. The van der Waals surface area contributed by atoms with Crippen molar-refractivity contribution in [2.75, 3.05) is 0 Å². The summed E-state index contributed by atoms with van der Waals surface area (Å²) >= 11 is 0. The molecule has 90 valence electrons. The van der Waals surface area contributed by atoms with Crippen LogP contribution in [0.3, 0.4) is 0 Å². The van der Waals surface area contributed by atoms with Gasteiger partial charge in [0.15, 0.2) is 14.4 Å². The lowest BCUT2D eigenvalue weighted by molar-refractivity contribution is 0.0692. The number of carboxylic acids is 1. The van der Waals surface area contributed by atoms with E-state index < -0.39 is 20.4 Å². The summed E-state index contributed by atoms with van der Waals surface area (Å²) in [6.07, 6.45) is -0.811. The quantitative estimate of drug-likeness (QED) is 0.833. The van der Waals surface area contributed by atoms with Crippen LogP contribution in [0.25, 0.3) is 0 Å². The lowest BCUT2D eigenvalue weighted by Gasteiger charge is -2.22. The molecule has 1 N–H and O–H groups in total. The second-order valence-corrected chi connectivity index (χ2v) is 9.09. The standard InChI is InChI=1S/C12H15NO3Si/c1-17(2,3)16-11(8-13)9-6-4-5-7-10(9)12(14)15/h4-7,11H,1-3H3,(H,14,15). The molecule has 0 aliphatic rings. The first-order chi connectivity index (χ1) is 7.85. The Labute approximate surface area is 102 Å². The van der Waals surface area contributed by atoms with Gasteiger partial charge in [-0.25, -0.2) is 4.79 Å². The van der Waals surface area contributed by atoms with Crippen molar-refractivity contribution >= 4 is 14.3 Å². The van der Waals surface area contributed by atoms with Crippen molar-refractivity contribution in [3.63, 3.8) is 0 Å². The Balaban J connectivity index is 3.13. The zero-order valence-electron chi connectivity index (χ0n) is 10.1. The molecule has 0 heterocycles. The van der Waals surface area contributed by atoms with Gasteiger partial charge < -0.3 is 9.53 Å². The summed E-state index contributed by atoms with van der Waals surface area (Å²) in [5.74, 6) is -1.04. The predicted molar refractivity (Wildman–Crippen MR) is 66.2 cm³/mol. The van der Waals surface area contributed by atoms with Crippen LogP contribution in [-0.2, 0) is 4.43 Å². The highest BCUT2D eigenvalue weighted by molar-refractivity contribution is 6.69. The maximum Gasteiger partial charge on any atom is 0.336 e. The van der Waals surface area contributed by atoms with E-state index in [2.05, 4.69) is 0 Å². The second-order valence-electron chi connectivity index (χ2n) is 4.63. The van der Waals surface area contributed by atoms with Crippen LogP contribution in [0.1, 0.15) is 22.0 Å². The van der Waals surface area contributed by atoms with E-state index >= 15 is 0 Å². The number of nitrogens with zero attached hydrogens (tertiary/aromatic N) is 1. The number of carbonyl (C=O) groups is 1. The molecular weight excluding hydrogens is 234 g/mol. The molecular formula is C12H15NO3Si. The van der Waals surface area contributed by atoms with Gasteiger partial charge in [0.2, 0.25) is 0 Å². The van der Waals surface area contributed by atoms with Crippen molar-refractivity contribution in [3.8, 4) is 6.07 Å². The molecule has 0 aromatic heterocycles. The first kappa shape index (κ1) is 13.4. The Hall–Kier alpha value is -1.64. The molecule has 1 aromatic carbocycles. The number of rotatable bonds is 4. The zero-order chi connectivity index (χ0) is 13.1. The first-order valence-electron chi connectivity index (χ1n) is 5.25. The molecule has 1 rings (SSSR count). The largest absolute Gasteiger partial charge is 0.478 e. The number of hydrogen-bond donors (Lipinski definition) is 1. The second kappa shape index (κ2) is 5.12. The maximum atomic E-state index is 11.1. The molecule has 1 unspecified atom stereocenters. The third-order valence-corrected chi connectivity index (χ3v) is 3.01. The molecule has 17 heavy (non-hydrogen) atoms. The zero-order valence-corrected chi connectivity index (χ0v) is 11.1. The van der Waals surface area contributed by atoms with Crippen LogP contribution in [0.15, 0.2) is 24.3 Å². The van der Waals surface area contributed by atoms with Gasteiger partial charge in [0.25, 0.3) is 0 Å². The molecule has 0 aliphatic heterocycles. The van der Waals surface area contributed by atoms with Gasteiger partial charge in [0.1, 0.15) is 0 Å². The lowest BCUT2D eigenvalue weighted by atomic mass is 10.0. The highest BCUT2D eigenvalue weighted by Crippen LogP contribution is 2.24. The number of carboxylic acid groups (broad SMARTS) is 1. The van der Waals surface area contributed by atoms with Crippen LogP contribution < -0.4 is 0 Å². The molecule has 0 amide bonds. The average Bonchev–Trinajstić information content (AvgIpc) is 2.24. The fourth-order valence-corrected chi connectivity index (χ4v) is 2.32. The highest BCUT2D eigenvalue weighted by atomic mass is 28.4. The van der Waals surface area contributed by atoms with E-state index in [9.17, 15) is 4.79 Å². The minimum Gasteiger partial charge on any atom is -0.478 e. The molecule has 0 spiro atoms. The molecule has 4 nitrogen and oxygen atoms in total. The fourth-order valence-electron chi connectivity index (χ4n) is 1.43. The number of benzene rings is 1. The summed E-state index contributed by atoms with van der Waals surface area (Å²) in [7, 11) is -1.90. The topological polar surface area (TPSA) is 70.3 Å². The van der Waals surface area contributed by atoms with Crippen LogP contribution in [0, 0.1) is 11.3 Å². The average molecular weight is 249 g/mol. The maximum absolute atomic E-state index is 11.1. The molecule has 0 saturated heterocycles. The summed E-state index contributed by atoms with van der Waals surface area (Å²) < 4.78 is 5.68. The Morgan fingerprint density at radius 3 is 2.47 bits per heavy atom. The summed E-state index contributed by atoms with van der Waals surface area (Å²) in [5, 5.41) is 18.2. The number of nitriles is 1. The summed E-state index contributed by atoms with van der Waals surface area (Å²) in [6.45, 7) is 5.88. The van der Waals surface area contributed by atoms with Crippen molar-refractivity contribution in [2.24, 2.45) is 0 Å². The van der Waals surface area contributed by atoms with Gasteiger partial charge in [-0.15, -0.1) is 0 Å². The number of hydrogen-bond acceptors (Lipinski definition) is 3. The molecule has 0 radical (unpaired) electrons. The van der Waals surface area contributed by atoms with E-state index in [0.29, 0.717) is 5.56 Å². The Kier molecular flexibility index (Phi) is 4.05. The van der Waals surface area contributed by atoms with Gasteiger partial charge in [-0.2, -0.15) is 5.26 Å². The van der Waals surface area contributed by atoms with Crippen molar-refractivity contribution in [3.05, 3.63) is 35.4 Å². The van der Waals surface area contributed by atoms with Crippen molar-refractivity contribution in [1.29, 1.82) is 5.26 Å². The molecule has 0 fully saturated rings. The van der Waals surface area contributed by atoms with E-state index in [1.807, 2.05) is 25.7 Å². The molecule has 0 saturated carbocycles. The molecule has 0 aliphatic carbocycles. The van der Waals surface area contributed by atoms with Gasteiger partial charge >= 0.3 is 5.97 Å². The van der Waals surface area contributed by atoms with E-state index in [0.717, 1.165) is 0 Å². The molecule has 5 heteroatoms. The van der Waals surface area contributed by atoms with Gasteiger partial charge in [-0.05, 0) is 25.7 Å². The fraction of sp³-hybridized carbons (Fsp3) is 0.333. The Morgan fingerprint density at radius 2 is 2.00 bits per heavy atom. The normalized spacial score (nSPS) is 12.8. The van der Waals surface area contributed by atoms with E-state index in [1.165, 1.54) is 6.07 Å². The van der Waals surface area contributed by atoms with Gasteiger partial charge in [0, 0.05) is 5.56 Å². The summed E-state index contributed by atoms with van der Waals surface area (Å²) in [5.41, 5.74) is 0.544. The van der Waals surface area contributed by atoms with Crippen LogP contribution in [-0.4, -0.2) is 19.4 Å². The van der Waals surface area contributed by atoms with Crippen LogP contribution >= 0.6 is 0 Å². The Morgan fingerprint density at radius 1 is 1.41 bits per heavy atom. The third kappa shape index (κ3) is 3.70. The summed E-state index contributed by atoms with van der Waals surface area (Å²) in [6, 6.07) is 8.47. The van der Waals surface area contributed by atoms with Crippen molar-refractivity contribution in [2.45, 2.75) is 25.7 Å². The third-order valence-electron chi connectivity index (χ3n) is 2.06. The van der Waals surface area contributed by atoms with Gasteiger partial charge in [-0.1, -0.05) is 18.2 Å². The minimum absolute atomic E-state index is 0.123. The van der Waals surface area contributed by atoms with Gasteiger partial charge in [-0.3, -0.25) is 0 Å². The van der Waals surface area contributed by atoms with Crippen LogP contribution in [0.4, 0.5) is 0 Å². The first-order valence-corrected chi connectivity index (χ1v) is 8.65. The predicted octanol–water partition coefficient (Wildman–Crippen LogP) is 2.80. The number of aromatic carboxylic acids is 1. The minimum atomic E-state index is -1.90. The van der Waals surface area contributed by atoms with Gasteiger partial charge in [0.05, 0.1) is 11.6 Å². The van der Waals surface area contributed by atoms with Crippen LogP contribution in [0.2, 0.25) is 19.6 Å². The van der Waals surface area contributed by atoms with E-state index in [4.69, 9.17) is 14.8 Å². The lowest BCUT2D eigenvalue weighted by Crippen LogP contribution is -2.28. The van der Waals surface area contributed by atoms with Crippen molar-refractivity contribution in [1.82, 2.24) is 0 Å². The van der Waals surface area contributed by atoms with E-state index in [1.54, 1.807) is 18.2 Å². The monoisotopic (exact) mass is 249 g/mol. The highest BCUT2D eigenvalue weighted by Gasteiger charge is 2.25. The molecule has 1 aromatic rings. The van der Waals surface area contributed by atoms with Crippen LogP contribution in [0.5, 0.6) is 0 Å². The molecule has 0 bridgehead atoms. The Bertz CT molecular complexity index is 460. The smallest absolute Gasteiger partial charge is 0.336 e. The SMILES string of the molecule is C[Si](C)(C)OC(C#N)c1ccccc1C(=O)O. The van der Waals surface area contributed by atoms with E-state index in [-0.39, 0.29) is 5.56 Å². The summed E-state index contributed by atoms with van der Waals surface area (Å²) in [4.78, 5) is 11.1.